The standard InChI is InChI=1S/C24H30FN3O4S/c1-17-6-8-19(9-7-17)16-27-24(30)23(29)26-13-12-21-5-3-4-14-28(21)33(31,32)22-11-10-20(25)15-18(22)2/h6-11,15,21H,3-5,12-14,16H2,1-2H3,(H,26,29)(H,27,30). The molecule has 1 unspecified atom stereocenters. The van der Waals surface area contributed by atoms with Crippen LogP contribution < -0.4 is 10.6 Å². The molecular weight excluding hydrogens is 445 g/mol. The molecule has 1 fully saturated rings. The van der Waals surface area contributed by atoms with Gasteiger partial charge in [-0.25, -0.2) is 12.8 Å². The van der Waals surface area contributed by atoms with Crippen LogP contribution in [0.5, 0.6) is 0 Å². The SMILES string of the molecule is Cc1ccc(CNC(=O)C(=O)NCCC2CCCCN2S(=O)(=O)c2ccc(F)cc2C)cc1. The molecule has 2 amide bonds. The largest absolute Gasteiger partial charge is 0.348 e. The summed E-state index contributed by atoms with van der Waals surface area (Å²) in [6.45, 7) is 4.34. The second-order valence-corrected chi connectivity index (χ2v) is 10.2. The van der Waals surface area contributed by atoms with Crippen LogP contribution in [0.1, 0.15) is 42.4 Å². The Morgan fingerprint density at radius 2 is 1.73 bits per heavy atom. The molecule has 0 aliphatic carbocycles. The van der Waals surface area contributed by atoms with Gasteiger partial charge in [0.15, 0.2) is 0 Å². The van der Waals surface area contributed by atoms with Crippen molar-refractivity contribution in [3.63, 3.8) is 0 Å². The summed E-state index contributed by atoms with van der Waals surface area (Å²) >= 11 is 0. The number of halogens is 1. The van der Waals surface area contributed by atoms with E-state index in [-0.39, 0.29) is 24.0 Å². The summed E-state index contributed by atoms with van der Waals surface area (Å²) in [5.74, 6) is -1.96. The first-order valence-corrected chi connectivity index (χ1v) is 12.5. The van der Waals surface area contributed by atoms with Gasteiger partial charge in [0.1, 0.15) is 5.82 Å². The van der Waals surface area contributed by atoms with Gasteiger partial charge in [-0.15, -0.1) is 0 Å². The molecule has 2 N–H and O–H groups in total. The molecule has 2 aromatic carbocycles. The predicted molar refractivity (Wildman–Crippen MR) is 123 cm³/mol. The van der Waals surface area contributed by atoms with Crippen LogP contribution in [0.15, 0.2) is 47.4 Å². The molecular formula is C24H30FN3O4S. The number of amides is 2. The van der Waals surface area contributed by atoms with E-state index in [9.17, 15) is 22.4 Å². The molecule has 1 saturated heterocycles. The zero-order chi connectivity index (χ0) is 24.0. The summed E-state index contributed by atoms with van der Waals surface area (Å²) in [4.78, 5) is 24.3. The molecule has 1 aliphatic rings. The highest BCUT2D eigenvalue weighted by Crippen LogP contribution is 2.28. The number of nitrogens with one attached hydrogen (secondary N) is 2. The molecule has 0 radical (unpaired) electrons. The number of benzene rings is 2. The van der Waals surface area contributed by atoms with Crippen LogP contribution in [0.2, 0.25) is 0 Å². The van der Waals surface area contributed by atoms with Gasteiger partial charge in [0, 0.05) is 25.7 Å². The van der Waals surface area contributed by atoms with Crippen molar-refractivity contribution in [1.29, 1.82) is 0 Å². The average molecular weight is 476 g/mol. The summed E-state index contributed by atoms with van der Waals surface area (Å²) in [7, 11) is -3.79. The van der Waals surface area contributed by atoms with Crippen molar-refractivity contribution in [1.82, 2.24) is 14.9 Å². The molecule has 1 heterocycles. The highest BCUT2D eigenvalue weighted by molar-refractivity contribution is 7.89. The fraction of sp³-hybridized carbons (Fsp3) is 0.417. The smallest absolute Gasteiger partial charge is 0.309 e. The number of carbonyl (C=O) groups is 2. The van der Waals surface area contributed by atoms with Gasteiger partial charge in [0.2, 0.25) is 10.0 Å². The summed E-state index contributed by atoms with van der Waals surface area (Å²) < 4.78 is 41.3. The second kappa shape index (κ2) is 10.9. The molecule has 0 spiro atoms. The number of aryl methyl sites for hydroxylation is 2. The maximum Gasteiger partial charge on any atom is 0.309 e. The second-order valence-electron chi connectivity index (χ2n) is 8.39. The summed E-state index contributed by atoms with van der Waals surface area (Å²) in [5.41, 5.74) is 2.36. The Morgan fingerprint density at radius 3 is 2.42 bits per heavy atom. The number of carbonyl (C=O) groups excluding carboxylic acids is 2. The van der Waals surface area contributed by atoms with E-state index < -0.39 is 27.7 Å². The van der Waals surface area contributed by atoms with Crippen LogP contribution in [0, 0.1) is 19.7 Å². The molecule has 33 heavy (non-hydrogen) atoms. The lowest BCUT2D eigenvalue weighted by Crippen LogP contribution is -2.46. The van der Waals surface area contributed by atoms with Gasteiger partial charge in [0.25, 0.3) is 0 Å². The van der Waals surface area contributed by atoms with Gasteiger partial charge in [-0.3, -0.25) is 9.59 Å². The maximum absolute atomic E-state index is 13.4. The normalized spacial score (nSPS) is 16.9. The van der Waals surface area contributed by atoms with Gasteiger partial charge >= 0.3 is 11.8 Å². The topological polar surface area (TPSA) is 95.6 Å². The number of hydrogen-bond acceptors (Lipinski definition) is 4. The van der Waals surface area contributed by atoms with Crippen LogP contribution >= 0.6 is 0 Å². The third-order valence-electron chi connectivity index (χ3n) is 5.84. The Balaban J connectivity index is 1.55. The van der Waals surface area contributed by atoms with Crippen molar-refractivity contribution in [3.8, 4) is 0 Å². The zero-order valence-electron chi connectivity index (χ0n) is 18.9. The van der Waals surface area contributed by atoms with Gasteiger partial charge in [-0.2, -0.15) is 4.31 Å². The number of piperidine rings is 1. The van der Waals surface area contributed by atoms with E-state index in [1.54, 1.807) is 6.92 Å². The van der Waals surface area contributed by atoms with Crippen LogP contribution in [0.25, 0.3) is 0 Å². The Kier molecular flexibility index (Phi) is 8.20. The van der Waals surface area contributed by atoms with Crippen molar-refractivity contribution in [2.24, 2.45) is 0 Å². The first-order chi connectivity index (χ1) is 15.7. The van der Waals surface area contributed by atoms with Crippen LogP contribution in [0.4, 0.5) is 4.39 Å². The van der Waals surface area contributed by atoms with Gasteiger partial charge < -0.3 is 10.6 Å². The van der Waals surface area contributed by atoms with Crippen molar-refractivity contribution in [3.05, 3.63) is 65.0 Å². The average Bonchev–Trinajstić information content (AvgIpc) is 2.78. The van der Waals surface area contributed by atoms with E-state index in [0.29, 0.717) is 24.9 Å². The molecule has 0 saturated carbocycles. The Labute approximate surface area is 194 Å². The minimum Gasteiger partial charge on any atom is -0.348 e. The molecule has 1 atom stereocenters. The molecule has 1 aliphatic heterocycles. The van der Waals surface area contributed by atoms with E-state index >= 15 is 0 Å². The number of nitrogens with zero attached hydrogens (tertiary/aromatic N) is 1. The van der Waals surface area contributed by atoms with E-state index in [2.05, 4.69) is 10.6 Å². The first kappa shape index (κ1) is 24.9. The van der Waals surface area contributed by atoms with Crippen LogP contribution in [-0.2, 0) is 26.2 Å². The van der Waals surface area contributed by atoms with Crippen LogP contribution in [0.3, 0.4) is 0 Å². The van der Waals surface area contributed by atoms with Crippen molar-refractivity contribution in [2.75, 3.05) is 13.1 Å². The number of rotatable bonds is 7. The van der Waals surface area contributed by atoms with E-state index in [1.807, 2.05) is 31.2 Å². The number of sulfonamides is 1. The molecule has 0 aromatic heterocycles. The minimum absolute atomic E-state index is 0.0929. The maximum atomic E-state index is 13.4. The third-order valence-corrected chi connectivity index (χ3v) is 7.95. The first-order valence-electron chi connectivity index (χ1n) is 11.1. The fourth-order valence-corrected chi connectivity index (χ4v) is 5.94. The Bertz CT molecular complexity index is 1100. The van der Waals surface area contributed by atoms with E-state index in [1.165, 1.54) is 16.4 Å². The van der Waals surface area contributed by atoms with Crippen molar-refractivity contribution >= 4 is 21.8 Å². The zero-order valence-corrected chi connectivity index (χ0v) is 19.8. The van der Waals surface area contributed by atoms with E-state index in [0.717, 1.165) is 30.0 Å². The lowest BCUT2D eigenvalue weighted by molar-refractivity contribution is -0.139. The Hall–Kier alpha value is -2.78. The summed E-state index contributed by atoms with van der Waals surface area (Å²) in [6, 6.07) is 11.0. The van der Waals surface area contributed by atoms with Gasteiger partial charge in [-0.05, 0) is 62.4 Å². The van der Waals surface area contributed by atoms with Gasteiger partial charge in [0.05, 0.1) is 4.90 Å². The predicted octanol–water partition coefficient (Wildman–Crippen LogP) is 2.81. The highest BCUT2D eigenvalue weighted by Gasteiger charge is 2.34. The highest BCUT2D eigenvalue weighted by atomic mass is 32.2. The number of hydrogen-bond donors (Lipinski definition) is 2. The van der Waals surface area contributed by atoms with Gasteiger partial charge in [-0.1, -0.05) is 36.2 Å². The van der Waals surface area contributed by atoms with Crippen molar-refractivity contribution < 1.29 is 22.4 Å². The minimum atomic E-state index is -3.79. The summed E-state index contributed by atoms with van der Waals surface area (Å²) in [6.07, 6.45) is 2.67. The van der Waals surface area contributed by atoms with Crippen LogP contribution in [-0.4, -0.2) is 43.7 Å². The molecule has 7 nitrogen and oxygen atoms in total. The molecule has 178 valence electrons. The molecule has 3 rings (SSSR count). The quantitative estimate of drug-likeness (QED) is 0.602. The fourth-order valence-electron chi connectivity index (χ4n) is 4.01. The Morgan fingerprint density at radius 1 is 1.03 bits per heavy atom. The molecule has 9 heteroatoms. The summed E-state index contributed by atoms with van der Waals surface area (Å²) in [5, 5.41) is 5.17. The van der Waals surface area contributed by atoms with E-state index in [4.69, 9.17) is 0 Å². The molecule has 2 aromatic rings. The lowest BCUT2D eigenvalue weighted by Gasteiger charge is -2.35. The molecule has 0 bridgehead atoms. The monoisotopic (exact) mass is 475 g/mol. The van der Waals surface area contributed by atoms with Crippen molar-refractivity contribution in [2.45, 2.75) is 57.0 Å². The third kappa shape index (κ3) is 6.39. The lowest BCUT2D eigenvalue weighted by atomic mass is 10.0.